The second-order valence-electron chi connectivity index (χ2n) is 5.35. The number of hydrogen-bond acceptors (Lipinski definition) is 7. The van der Waals surface area contributed by atoms with E-state index in [1.807, 2.05) is 0 Å². The highest BCUT2D eigenvalue weighted by molar-refractivity contribution is 7.99. The van der Waals surface area contributed by atoms with Crippen LogP contribution in [0.15, 0.2) is 12.1 Å². The normalized spacial score (nSPS) is 19.8. The van der Waals surface area contributed by atoms with Gasteiger partial charge in [-0.05, 0) is 12.2 Å². The molecular formula is C15H20N2O6S. The first-order valence-electron chi connectivity index (χ1n) is 7.28. The van der Waals surface area contributed by atoms with Gasteiger partial charge in [0.2, 0.25) is 0 Å². The number of methoxy groups -OCH3 is 3. The van der Waals surface area contributed by atoms with Crippen LogP contribution in [0.25, 0.3) is 0 Å². The number of carbonyl (C=O) groups excluding carboxylic acids is 1. The molecular weight excluding hydrogens is 336 g/mol. The maximum absolute atomic E-state index is 12.5. The molecule has 0 spiro atoms. The quantitative estimate of drug-likeness (QED) is 0.588. The fourth-order valence-corrected chi connectivity index (χ4v) is 3.90. The molecule has 1 aliphatic heterocycles. The molecule has 2 rings (SSSR count). The zero-order chi connectivity index (χ0) is 17.7. The number of carbonyl (C=O) groups is 1. The van der Waals surface area contributed by atoms with Crippen molar-refractivity contribution in [2.75, 3.05) is 39.4 Å². The third-order valence-corrected chi connectivity index (χ3v) is 5.24. The van der Waals surface area contributed by atoms with E-state index in [0.29, 0.717) is 6.54 Å². The maximum atomic E-state index is 12.5. The lowest BCUT2D eigenvalue weighted by Crippen LogP contribution is -2.44. The van der Waals surface area contributed by atoms with E-state index in [9.17, 15) is 14.9 Å². The molecule has 0 aliphatic carbocycles. The number of ether oxygens (including phenoxy) is 3. The second kappa shape index (κ2) is 7.71. The summed E-state index contributed by atoms with van der Waals surface area (Å²) < 4.78 is 15.7. The van der Waals surface area contributed by atoms with E-state index >= 15 is 0 Å². The summed E-state index contributed by atoms with van der Waals surface area (Å²) in [6, 6.07) is 2.50. The Balaban J connectivity index is 2.25. The van der Waals surface area contributed by atoms with Crippen LogP contribution in [0.3, 0.4) is 0 Å². The molecule has 0 radical (unpaired) electrons. The van der Waals surface area contributed by atoms with Crippen molar-refractivity contribution >= 4 is 23.4 Å². The van der Waals surface area contributed by atoms with E-state index in [1.165, 1.54) is 26.4 Å². The molecule has 1 fully saturated rings. The van der Waals surface area contributed by atoms with Gasteiger partial charge in [0, 0.05) is 25.5 Å². The summed E-state index contributed by atoms with van der Waals surface area (Å²) >= 11 is 1.75. The molecule has 1 N–H and O–H groups in total. The van der Waals surface area contributed by atoms with Crippen LogP contribution in [0.4, 0.5) is 5.69 Å². The number of nitrogens with one attached hydrogen (secondary N) is 1. The SMILES string of the molecule is COc1cc(C(=O)NCC2(OC)CCSC2)c([N+](=O)[O-])cc1OC. The summed E-state index contributed by atoms with van der Waals surface area (Å²) in [5, 5.41) is 14.0. The van der Waals surface area contributed by atoms with Gasteiger partial charge in [0.15, 0.2) is 11.5 Å². The lowest BCUT2D eigenvalue weighted by Gasteiger charge is -2.26. The topological polar surface area (TPSA) is 99.9 Å². The predicted octanol–water partition coefficient (Wildman–Crippen LogP) is 1.86. The monoisotopic (exact) mass is 356 g/mol. The third kappa shape index (κ3) is 3.73. The van der Waals surface area contributed by atoms with Gasteiger partial charge in [0.05, 0.1) is 30.8 Å². The molecule has 1 atom stereocenters. The number of thioether (sulfide) groups is 1. The molecule has 1 heterocycles. The van der Waals surface area contributed by atoms with Gasteiger partial charge >= 0.3 is 0 Å². The van der Waals surface area contributed by atoms with Crippen molar-refractivity contribution in [3.05, 3.63) is 27.8 Å². The molecule has 1 aliphatic rings. The molecule has 0 bridgehead atoms. The van der Waals surface area contributed by atoms with Gasteiger partial charge in [-0.1, -0.05) is 0 Å². The zero-order valence-electron chi connectivity index (χ0n) is 13.8. The highest BCUT2D eigenvalue weighted by Crippen LogP contribution is 2.35. The van der Waals surface area contributed by atoms with E-state index in [-0.39, 0.29) is 22.7 Å². The molecule has 0 saturated carbocycles. The van der Waals surface area contributed by atoms with Gasteiger partial charge in [0.1, 0.15) is 5.56 Å². The maximum Gasteiger partial charge on any atom is 0.286 e. The lowest BCUT2D eigenvalue weighted by atomic mass is 10.0. The van der Waals surface area contributed by atoms with E-state index in [1.54, 1.807) is 18.9 Å². The first kappa shape index (κ1) is 18.3. The standard InChI is InChI=1S/C15H20N2O6S/c1-21-12-6-10(11(17(19)20)7-13(12)22-2)14(18)16-8-15(23-3)4-5-24-9-15/h6-7H,4-5,8-9H2,1-3H3,(H,16,18). The Hall–Kier alpha value is -2.00. The molecule has 24 heavy (non-hydrogen) atoms. The highest BCUT2D eigenvalue weighted by atomic mass is 32.2. The summed E-state index contributed by atoms with van der Waals surface area (Å²) in [6.07, 6.45) is 0.822. The summed E-state index contributed by atoms with van der Waals surface area (Å²) in [5.74, 6) is 1.64. The number of benzene rings is 1. The summed E-state index contributed by atoms with van der Waals surface area (Å²) in [7, 11) is 4.39. The minimum Gasteiger partial charge on any atom is -0.493 e. The Labute approximate surface area is 144 Å². The molecule has 1 saturated heterocycles. The molecule has 1 unspecified atom stereocenters. The average molecular weight is 356 g/mol. The van der Waals surface area contributed by atoms with E-state index < -0.39 is 16.4 Å². The van der Waals surface area contributed by atoms with Gasteiger partial charge in [-0.25, -0.2) is 0 Å². The van der Waals surface area contributed by atoms with Crippen molar-refractivity contribution in [3.8, 4) is 11.5 Å². The van der Waals surface area contributed by atoms with Gasteiger partial charge in [0.25, 0.3) is 11.6 Å². The van der Waals surface area contributed by atoms with Crippen molar-refractivity contribution in [1.29, 1.82) is 0 Å². The second-order valence-corrected chi connectivity index (χ2v) is 6.46. The highest BCUT2D eigenvalue weighted by Gasteiger charge is 2.35. The molecule has 1 amide bonds. The Morgan fingerprint density at radius 2 is 2.00 bits per heavy atom. The lowest BCUT2D eigenvalue weighted by molar-refractivity contribution is -0.385. The Kier molecular flexibility index (Phi) is 5.89. The predicted molar refractivity (Wildman–Crippen MR) is 90.2 cm³/mol. The first-order valence-corrected chi connectivity index (χ1v) is 8.43. The minimum atomic E-state index is -0.617. The van der Waals surface area contributed by atoms with Gasteiger partial charge < -0.3 is 19.5 Å². The van der Waals surface area contributed by atoms with Crippen LogP contribution in [-0.4, -0.2) is 55.8 Å². The number of rotatable bonds is 7. The number of nitro benzene ring substituents is 1. The van der Waals surface area contributed by atoms with Crippen molar-refractivity contribution < 1.29 is 23.9 Å². The Morgan fingerprint density at radius 3 is 2.50 bits per heavy atom. The molecule has 8 nitrogen and oxygen atoms in total. The fourth-order valence-electron chi connectivity index (χ4n) is 2.50. The van der Waals surface area contributed by atoms with Crippen molar-refractivity contribution in [3.63, 3.8) is 0 Å². The van der Waals surface area contributed by atoms with Crippen LogP contribution in [0.5, 0.6) is 11.5 Å². The van der Waals surface area contributed by atoms with E-state index in [0.717, 1.165) is 17.9 Å². The van der Waals surface area contributed by atoms with Gasteiger partial charge in [-0.2, -0.15) is 11.8 Å². The summed E-state index contributed by atoms with van der Waals surface area (Å²) in [6.45, 7) is 0.292. The van der Waals surface area contributed by atoms with E-state index in [4.69, 9.17) is 14.2 Å². The Bertz CT molecular complexity index is 631. The van der Waals surface area contributed by atoms with Crippen LogP contribution in [-0.2, 0) is 4.74 Å². The Morgan fingerprint density at radius 1 is 1.33 bits per heavy atom. The van der Waals surface area contributed by atoms with E-state index in [2.05, 4.69) is 5.32 Å². The van der Waals surface area contributed by atoms with Crippen molar-refractivity contribution in [2.24, 2.45) is 0 Å². The largest absolute Gasteiger partial charge is 0.493 e. The summed E-state index contributed by atoms with van der Waals surface area (Å²) in [5.41, 5.74) is -0.835. The number of hydrogen-bond donors (Lipinski definition) is 1. The number of amides is 1. The number of nitrogens with zero attached hydrogens (tertiary/aromatic N) is 1. The van der Waals surface area contributed by atoms with Crippen molar-refractivity contribution in [1.82, 2.24) is 5.32 Å². The molecule has 0 aromatic heterocycles. The molecule has 1 aromatic rings. The van der Waals surface area contributed by atoms with Gasteiger partial charge in [-0.3, -0.25) is 14.9 Å². The molecule has 1 aromatic carbocycles. The summed E-state index contributed by atoms with van der Waals surface area (Å²) in [4.78, 5) is 23.1. The molecule has 9 heteroatoms. The zero-order valence-corrected chi connectivity index (χ0v) is 14.6. The van der Waals surface area contributed by atoms with Gasteiger partial charge in [-0.15, -0.1) is 0 Å². The number of nitro groups is 1. The van der Waals surface area contributed by atoms with Crippen LogP contribution in [0.2, 0.25) is 0 Å². The average Bonchev–Trinajstić information content (AvgIpc) is 3.07. The molecule has 132 valence electrons. The van der Waals surface area contributed by atoms with Crippen molar-refractivity contribution in [2.45, 2.75) is 12.0 Å². The van der Waals surface area contributed by atoms with Crippen LogP contribution in [0.1, 0.15) is 16.8 Å². The fraction of sp³-hybridized carbons (Fsp3) is 0.533. The van der Waals surface area contributed by atoms with Crippen LogP contribution in [0, 0.1) is 10.1 Å². The van der Waals surface area contributed by atoms with Crippen LogP contribution >= 0.6 is 11.8 Å². The third-order valence-electron chi connectivity index (χ3n) is 4.01. The minimum absolute atomic E-state index is 0.0745. The van der Waals surface area contributed by atoms with Crippen LogP contribution < -0.4 is 14.8 Å². The first-order chi connectivity index (χ1) is 11.5. The smallest absolute Gasteiger partial charge is 0.286 e.